The van der Waals surface area contributed by atoms with E-state index < -0.39 is 0 Å². The van der Waals surface area contributed by atoms with Crippen LogP contribution in [-0.2, 0) is 6.42 Å². The van der Waals surface area contributed by atoms with Gasteiger partial charge in [-0.15, -0.1) is 0 Å². The summed E-state index contributed by atoms with van der Waals surface area (Å²) in [6.45, 7) is 19.9. The Morgan fingerprint density at radius 3 is 1.67 bits per heavy atom. The van der Waals surface area contributed by atoms with Crippen molar-refractivity contribution in [2.45, 2.75) is 74.7 Å². The van der Waals surface area contributed by atoms with Crippen molar-refractivity contribution in [3.05, 3.63) is 105 Å². The van der Waals surface area contributed by atoms with E-state index in [4.69, 9.17) is 19.9 Å². The van der Waals surface area contributed by atoms with Crippen LogP contribution in [0.15, 0.2) is 48.5 Å². The molecule has 8 bridgehead atoms. The highest BCUT2D eigenvalue weighted by Gasteiger charge is 2.34. The number of aromatic amines is 2. The Labute approximate surface area is 271 Å². The SMILES string of the molecule is Cc1cc(C)c(-c2c3nc(nc4ccc([nH]4)c(-c4c(C)cc(C)cc4C)c4nc(nc5ccc2[nH]5)[C@H](C(C)(C)C)C4)C=C3)c(C)c1. The fourth-order valence-corrected chi connectivity index (χ4v) is 7.47. The molecule has 0 radical (unpaired) electrons. The summed E-state index contributed by atoms with van der Waals surface area (Å²) in [5.41, 5.74) is 17.4. The molecule has 1 atom stereocenters. The summed E-state index contributed by atoms with van der Waals surface area (Å²) in [5, 5.41) is 0. The molecular formula is C40H42N6. The van der Waals surface area contributed by atoms with Gasteiger partial charge in [-0.25, -0.2) is 19.9 Å². The Bertz CT molecular complexity index is 2190. The number of H-pyrrole nitrogens is 2. The number of fused-ring (bicyclic) bond motifs is 8. The van der Waals surface area contributed by atoms with Crippen LogP contribution in [-0.4, -0.2) is 29.9 Å². The standard InChI is InChI=1S/C40H42N6/c1-21-16-23(3)35(24(4)17-21)37-28-10-13-32(41-28)45-33-14-11-30(42-33)38(36-25(5)18-22(2)19-26(36)6)31-20-27(40(7,8)9)39(44-31)46-34-15-12-29(37)43-34/h10-19,27H,20H2,1-9H3,(H,41,42,45)(H,43,44,46)/t27-/m1/s1. The van der Waals surface area contributed by atoms with E-state index in [0.29, 0.717) is 5.82 Å². The van der Waals surface area contributed by atoms with E-state index in [2.05, 4.69) is 121 Å². The van der Waals surface area contributed by atoms with Crippen LogP contribution in [0.5, 0.6) is 0 Å². The van der Waals surface area contributed by atoms with Gasteiger partial charge in [0.2, 0.25) is 0 Å². The first kappa shape index (κ1) is 29.8. The minimum absolute atomic E-state index is 0.0378. The van der Waals surface area contributed by atoms with Gasteiger partial charge in [0.25, 0.3) is 0 Å². The molecule has 2 aliphatic rings. The molecule has 232 valence electrons. The minimum Gasteiger partial charge on any atom is -0.340 e. The van der Waals surface area contributed by atoms with Gasteiger partial charge < -0.3 is 9.97 Å². The number of nitrogens with zero attached hydrogens (tertiary/aromatic N) is 4. The lowest BCUT2D eigenvalue weighted by atomic mass is 9.78. The maximum absolute atomic E-state index is 5.36. The number of benzene rings is 2. The highest BCUT2D eigenvalue weighted by atomic mass is 15.0. The first-order valence-electron chi connectivity index (χ1n) is 16.2. The molecule has 5 aromatic rings. The molecule has 0 spiro atoms. The van der Waals surface area contributed by atoms with Crippen LogP contribution in [0.2, 0.25) is 0 Å². The predicted octanol–water partition coefficient (Wildman–Crippen LogP) is 9.83. The van der Waals surface area contributed by atoms with Crippen molar-refractivity contribution in [2.24, 2.45) is 5.41 Å². The second-order valence-corrected chi connectivity index (χ2v) is 14.3. The lowest BCUT2D eigenvalue weighted by Crippen LogP contribution is -2.18. The van der Waals surface area contributed by atoms with Crippen molar-refractivity contribution in [3.63, 3.8) is 0 Å². The van der Waals surface area contributed by atoms with E-state index in [9.17, 15) is 0 Å². The summed E-state index contributed by atoms with van der Waals surface area (Å²) in [5.74, 6) is 1.67. The number of rotatable bonds is 2. The largest absolute Gasteiger partial charge is 0.340 e. The van der Waals surface area contributed by atoms with Gasteiger partial charge in [-0.3, -0.25) is 0 Å². The van der Waals surface area contributed by atoms with Crippen molar-refractivity contribution in [2.75, 3.05) is 0 Å². The summed E-state index contributed by atoms with van der Waals surface area (Å²) in [6, 6.07) is 17.4. The van der Waals surface area contributed by atoms with E-state index in [1.165, 1.54) is 44.5 Å². The van der Waals surface area contributed by atoms with Crippen LogP contribution < -0.4 is 0 Å². The number of hydrogen-bond donors (Lipinski definition) is 2. The number of hydrogen-bond acceptors (Lipinski definition) is 4. The van der Waals surface area contributed by atoms with Crippen molar-refractivity contribution in [1.29, 1.82) is 0 Å². The second-order valence-electron chi connectivity index (χ2n) is 14.3. The van der Waals surface area contributed by atoms with Crippen LogP contribution in [0.25, 0.3) is 56.7 Å². The molecule has 0 fully saturated rings. The van der Waals surface area contributed by atoms with E-state index in [-0.39, 0.29) is 11.3 Å². The highest BCUT2D eigenvalue weighted by Crippen LogP contribution is 2.43. The van der Waals surface area contributed by atoms with Gasteiger partial charge in [-0.2, -0.15) is 0 Å². The van der Waals surface area contributed by atoms with Gasteiger partial charge in [0.05, 0.1) is 11.4 Å². The van der Waals surface area contributed by atoms with Crippen molar-refractivity contribution >= 4 is 34.5 Å². The smallest absolute Gasteiger partial charge is 0.155 e. The van der Waals surface area contributed by atoms with Crippen molar-refractivity contribution < 1.29 is 0 Å². The van der Waals surface area contributed by atoms with Gasteiger partial charge in [-0.1, -0.05) is 56.2 Å². The quantitative estimate of drug-likeness (QED) is 0.205. The molecule has 5 heterocycles. The maximum atomic E-state index is 5.36. The van der Waals surface area contributed by atoms with Gasteiger partial charge >= 0.3 is 0 Å². The Balaban J connectivity index is 1.62. The predicted molar refractivity (Wildman–Crippen MR) is 191 cm³/mol. The molecule has 2 aliphatic heterocycles. The third-order valence-electron chi connectivity index (χ3n) is 9.38. The van der Waals surface area contributed by atoms with E-state index in [1.807, 2.05) is 12.1 Å². The fraction of sp³-hybridized carbons (Fsp3) is 0.300. The highest BCUT2D eigenvalue weighted by molar-refractivity contribution is 5.92. The van der Waals surface area contributed by atoms with Crippen LogP contribution >= 0.6 is 0 Å². The summed E-state index contributed by atoms with van der Waals surface area (Å²) in [7, 11) is 0. The van der Waals surface area contributed by atoms with Crippen LogP contribution in [0, 0.1) is 47.0 Å². The zero-order valence-corrected chi connectivity index (χ0v) is 28.3. The molecule has 3 aromatic heterocycles. The van der Waals surface area contributed by atoms with Crippen LogP contribution in [0.3, 0.4) is 0 Å². The maximum Gasteiger partial charge on any atom is 0.155 e. The average Bonchev–Trinajstić information content (AvgIpc) is 3.76. The van der Waals surface area contributed by atoms with Gasteiger partial charge in [0.1, 0.15) is 17.1 Å². The zero-order valence-electron chi connectivity index (χ0n) is 28.3. The minimum atomic E-state index is -0.0378. The molecule has 2 aromatic carbocycles. The molecule has 0 saturated carbocycles. The van der Waals surface area contributed by atoms with Gasteiger partial charge in [0, 0.05) is 34.5 Å². The van der Waals surface area contributed by atoms with Crippen molar-refractivity contribution in [1.82, 2.24) is 29.9 Å². The molecule has 0 saturated heterocycles. The summed E-state index contributed by atoms with van der Waals surface area (Å²) >= 11 is 0. The monoisotopic (exact) mass is 606 g/mol. The Morgan fingerprint density at radius 2 is 1.11 bits per heavy atom. The third kappa shape index (κ3) is 5.26. The molecule has 6 heteroatoms. The van der Waals surface area contributed by atoms with E-state index >= 15 is 0 Å². The lowest BCUT2D eigenvalue weighted by Gasteiger charge is -2.25. The third-order valence-corrected chi connectivity index (χ3v) is 9.38. The first-order chi connectivity index (χ1) is 21.9. The molecule has 46 heavy (non-hydrogen) atoms. The molecule has 6 nitrogen and oxygen atoms in total. The first-order valence-corrected chi connectivity index (χ1v) is 16.2. The van der Waals surface area contributed by atoms with Crippen molar-refractivity contribution in [3.8, 4) is 22.3 Å². The van der Waals surface area contributed by atoms with E-state index in [1.54, 1.807) is 0 Å². The normalized spacial score (nSPS) is 14.7. The second kappa shape index (κ2) is 10.9. The molecule has 2 N–H and O–H groups in total. The molecule has 0 aliphatic carbocycles. The molecule has 0 unspecified atom stereocenters. The Morgan fingerprint density at radius 1 is 0.587 bits per heavy atom. The Hall–Kier alpha value is -4.84. The zero-order chi connectivity index (χ0) is 32.5. The summed E-state index contributed by atoms with van der Waals surface area (Å²) in [6.07, 6.45) is 4.87. The van der Waals surface area contributed by atoms with Gasteiger partial charge in [0.15, 0.2) is 5.82 Å². The van der Waals surface area contributed by atoms with E-state index in [0.717, 1.165) is 57.1 Å². The Kier molecular flexibility index (Phi) is 7.07. The number of nitrogens with one attached hydrogen (secondary N) is 2. The van der Waals surface area contributed by atoms with Crippen LogP contribution in [0.1, 0.15) is 83.1 Å². The topological polar surface area (TPSA) is 83.1 Å². The fourth-order valence-electron chi connectivity index (χ4n) is 7.47. The average molecular weight is 607 g/mol. The summed E-state index contributed by atoms with van der Waals surface area (Å²) in [4.78, 5) is 27.9. The number of aromatic nitrogens is 6. The van der Waals surface area contributed by atoms with Crippen LogP contribution in [0.4, 0.5) is 0 Å². The number of aryl methyl sites for hydroxylation is 6. The summed E-state index contributed by atoms with van der Waals surface area (Å²) < 4.78 is 0. The van der Waals surface area contributed by atoms with Gasteiger partial charge in [-0.05, 0) is 117 Å². The molecular weight excluding hydrogens is 564 g/mol. The lowest BCUT2D eigenvalue weighted by molar-refractivity contribution is 0.319. The molecule has 0 amide bonds. The molecule has 7 rings (SSSR count).